The molecule has 1 aromatic heterocycles. The maximum atomic E-state index is 4.18. The maximum absolute atomic E-state index is 4.18. The van der Waals surface area contributed by atoms with E-state index in [-0.39, 0.29) is 5.54 Å². The van der Waals surface area contributed by atoms with Crippen LogP contribution in [0.3, 0.4) is 0 Å². The molecule has 1 heterocycles. The zero-order valence-electron chi connectivity index (χ0n) is 11.2. The second-order valence-electron chi connectivity index (χ2n) is 5.72. The molecule has 0 amide bonds. The second kappa shape index (κ2) is 5.48. The quantitative estimate of drug-likeness (QED) is 0.830. The summed E-state index contributed by atoms with van der Waals surface area (Å²) in [5, 5.41) is 7.72. The fourth-order valence-corrected chi connectivity index (χ4v) is 1.62. The molecule has 0 bridgehead atoms. The predicted molar refractivity (Wildman–Crippen MR) is 68.4 cm³/mol. The van der Waals surface area contributed by atoms with Gasteiger partial charge in [-0.05, 0) is 52.1 Å². The first-order chi connectivity index (χ1) is 7.38. The minimum atomic E-state index is 0.223. The van der Waals surface area contributed by atoms with E-state index >= 15 is 0 Å². The van der Waals surface area contributed by atoms with E-state index in [0.29, 0.717) is 5.92 Å². The first-order valence-corrected chi connectivity index (χ1v) is 6.10. The number of hydrogen-bond donors (Lipinski definition) is 1. The summed E-state index contributed by atoms with van der Waals surface area (Å²) in [5.41, 5.74) is 1.54. The van der Waals surface area contributed by atoms with Crippen molar-refractivity contribution in [3.05, 3.63) is 18.0 Å². The standard InChI is InChI=1S/C13H25N3/c1-11(10-14-13(2,3)4)6-7-12-8-9-15-16(12)5/h8-9,11,14H,6-7,10H2,1-5H3. The van der Waals surface area contributed by atoms with Crippen LogP contribution in [-0.4, -0.2) is 21.9 Å². The minimum absolute atomic E-state index is 0.223. The zero-order valence-corrected chi connectivity index (χ0v) is 11.2. The van der Waals surface area contributed by atoms with Crippen LogP contribution in [0.15, 0.2) is 12.3 Å². The summed E-state index contributed by atoms with van der Waals surface area (Å²) in [6.07, 6.45) is 4.19. The Labute approximate surface area is 99.2 Å². The van der Waals surface area contributed by atoms with E-state index in [1.807, 2.05) is 17.9 Å². The Kier molecular flexibility index (Phi) is 4.54. The van der Waals surface area contributed by atoms with Gasteiger partial charge in [-0.1, -0.05) is 6.92 Å². The summed E-state index contributed by atoms with van der Waals surface area (Å²) in [5.74, 6) is 0.703. The first-order valence-electron chi connectivity index (χ1n) is 6.10. The molecule has 92 valence electrons. The lowest BCUT2D eigenvalue weighted by Gasteiger charge is -2.23. The van der Waals surface area contributed by atoms with Crippen molar-refractivity contribution in [3.8, 4) is 0 Å². The molecule has 0 aliphatic heterocycles. The average Bonchev–Trinajstić information content (AvgIpc) is 2.57. The topological polar surface area (TPSA) is 29.9 Å². The number of nitrogens with zero attached hydrogens (tertiary/aromatic N) is 2. The number of aryl methyl sites for hydroxylation is 2. The first kappa shape index (κ1) is 13.2. The molecule has 0 aliphatic carbocycles. The van der Waals surface area contributed by atoms with Gasteiger partial charge < -0.3 is 5.32 Å². The van der Waals surface area contributed by atoms with E-state index in [0.717, 1.165) is 13.0 Å². The molecule has 0 saturated carbocycles. The van der Waals surface area contributed by atoms with Crippen LogP contribution in [0, 0.1) is 5.92 Å². The van der Waals surface area contributed by atoms with Gasteiger partial charge in [0.1, 0.15) is 0 Å². The van der Waals surface area contributed by atoms with Gasteiger partial charge in [-0.25, -0.2) is 0 Å². The van der Waals surface area contributed by atoms with E-state index in [4.69, 9.17) is 0 Å². The van der Waals surface area contributed by atoms with E-state index in [2.05, 4.69) is 44.2 Å². The van der Waals surface area contributed by atoms with E-state index in [9.17, 15) is 0 Å². The predicted octanol–water partition coefficient (Wildman–Crippen LogP) is 2.38. The van der Waals surface area contributed by atoms with Crippen molar-refractivity contribution >= 4 is 0 Å². The second-order valence-corrected chi connectivity index (χ2v) is 5.72. The number of aromatic nitrogens is 2. The highest BCUT2D eigenvalue weighted by Gasteiger charge is 2.11. The highest BCUT2D eigenvalue weighted by molar-refractivity contribution is 4.99. The summed E-state index contributed by atoms with van der Waals surface area (Å²) >= 11 is 0. The van der Waals surface area contributed by atoms with E-state index in [1.54, 1.807) is 0 Å². The van der Waals surface area contributed by atoms with Gasteiger partial charge in [-0.2, -0.15) is 5.10 Å². The molecule has 1 aromatic rings. The SMILES string of the molecule is CC(CCc1ccnn1C)CNC(C)(C)C. The van der Waals surface area contributed by atoms with Crippen molar-refractivity contribution < 1.29 is 0 Å². The molecule has 0 spiro atoms. The van der Waals surface area contributed by atoms with Gasteiger partial charge in [0.25, 0.3) is 0 Å². The van der Waals surface area contributed by atoms with Crippen molar-refractivity contribution in [3.63, 3.8) is 0 Å². The molecule has 0 saturated heterocycles. The van der Waals surface area contributed by atoms with E-state index in [1.165, 1.54) is 12.1 Å². The average molecular weight is 223 g/mol. The summed E-state index contributed by atoms with van der Waals surface area (Å²) in [7, 11) is 2.01. The molecular formula is C13H25N3. The molecule has 0 aromatic carbocycles. The van der Waals surface area contributed by atoms with Crippen LogP contribution in [0.2, 0.25) is 0 Å². The van der Waals surface area contributed by atoms with Crippen LogP contribution >= 0.6 is 0 Å². The highest BCUT2D eigenvalue weighted by atomic mass is 15.2. The third kappa shape index (κ3) is 4.79. The smallest absolute Gasteiger partial charge is 0.0492 e. The van der Waals surface area contributed by atoms with Crippen LogP contribution in [0.1, 0.15) is 39.8 Å². The van der Waals surface area contributed by atoms with Crippen LogP contribution < -0.4 is 5.32 Å². The molecule has 0 radical (unpaired) electrons. The Morgan fingerprint density at radius 1 is 1.44 bits per heavy atom. The van der Waals surface area contributed by atoms with Gasteiger partial charge in [0, 0.05) is 24.5 Å². The lowest BCUT2D eigenvalue weighted by atomic mass is 10.0. The van der Waals surface area contributed by atoms with Crippen LogP contribution in [0.4, 0.5) is 0 Å². The zero-order chi connectivity index (χ0) is 12.2. The van der Waals surface area contributed by atoms with Gasteiger partial charge in [0.05, 0.1) is 0 Å². The molecule has 3 nitrogen and oxygen atoms in total. The molecule has 0 aliphatic rings. The third-order valence-electron chi connectivity index (χ3n) is 2.80. The van der Waals surface area contributed by atoms with E-state index < -0.39 is 0 Å². The normalized spacial score (nSPS) is 14.1. The molecular weight excluding hydrogens is 198 g/mol. The summed E-state index contributed by atoms with van der Waals surface area (Å²) in [6, 6.07) is 2.10. The molecule has 0 fully saturated rings. The van der Waals surface area contributed by atoms with Crippen LogP contribution in [0.5, 0.6) is 0 Å². The number of rotatable bonds is 5. The maximum Gasteiger partial charge on any atom is 0.0492 e. The summed E-state index contributed by atoms with van der Waals surface area (Å²) < 4.78 is 1.96. The van der Waals surface area contributed by atoms with Crippen molar-refractivity contribution in [1.82, 2.24) is 15.1 Å². The Balaban J connectivity index is 2.25. The van der Waals surface area contributed by atoms with Gasteiger partial charge in [0.15, 0.2) is 0 Å². The molecule has 1 rings (SSSR count). The Hall–Kier alpha value is -0.830. The largest absolute Gasteiger partial charge is 0.312 e. The molecule has 16 heavy (non-hydrogen) atoms. The Morgan fingerprint density at radius 3 is 2.62 bits per heavy atom. The van der Waals surface area contributed by atoms with Gasteiger partial charge in [0.2, 0.25) is 0 Å². The minimum Gasteiger partial charge on any atom is -0.312 e. The molecule has 1 N–H and O–H groups in total. The van der Waals surface area contributed by atoms with Crippen molar-refractivity contribution in [1.29, 1.82) is 0 Å². The van der Waals surface area contributed by atoms with Gasteiger partial charge >= 0.3 is 0 Å². The number of nitrogens with one attached hydrogen (secondary N) is 1. The number of hydrogen-bond acceptors (Lipinski definition) is 2. The van der Waals surface area contributed by atoms with Gasteiger partial charge in [-0.3, -0.25) is 4.68 Å². The molecule has 3 heteroatoms. The highest BCUT2D eigenvalue weighted by Crippen LogP contribution is 2.09. The fourth-order valence-electron chi connectivity index (χ4n) is 1.62. The van der Waals surface area contributed by atoms with Gasteiger partial charge in [-0.15, -0.1) is 0 Å². The Morgan fingerprint density at radius 2 is 2.12 bits per heavy atom. The lowest BCUT2D eigenvalue weighted by Crippen LogP contribution is -2.38. The lowest BCUT2D eigenvalue weighted by molar-refractivity contribution is 0.371. The summed E-state index contributed by atoms with van der Waals surface area (Å²) in [4.78, 5) is 0. The monoisotopic (exact) mass is 223 g/mol. The van der Waals surface area contributed by atoms with Crippen molar-refractivity contribution in [2.24, 2.45) is 13.0 Å². The van der Waals surface area contributed by atoms with Crippen LogP contribution in [0.25, 0.3) is 0 Å². The third-order valence-corrected chi connectivity index (χ3v) is 2.80. The van der Waals surface area contributed by atoms with Crippen molar-refractivity contribution in [2.45, 2.75) is 46.1 Å². The fraction of sp³-hybridized carbons (Fsp3) is 0.769. The molecule has 1 unspecified atom stereocenters. The summed E-state index contributed by atoms with van der Waals surface area (Å²) in [6.45, 7) is 10.0. The molecule has 1 atom stereocenters. The Bertz CT molecular complexity index is 309. The van der Waals surface area contributed by atoms with Crippen molar-refractivity contribution in [2.75, 3.05) is 6.54 Å². The van der Waals surface area contributed by atoms with Crippen LogP contribution in [-0.2, 0) is 13.5 Å².